The summed E-state index contributed by atoms with van der Waals surface area (Å²) in [7, 11) is 0. The van der Waals surface area contributed by atoms with Crippen LogP contribution >= 0.6 is 0 Å². The van der Waals surface area contributed by atoms with Crippen molar-refractivity contribution in [1.29, 1.82) is 0 Å². The van der Waals surface area contributed by atoms with E-state index in [2.05, 4.69) is 15.5 Å². The number of morpholine rings is 1. The topological polar surface area (TPSA) is 73.9 Å². The maximum Gasteiger partial charge on any atom is 0.315 e. The van der Waals surface area contributed by atoms with E-state index in [1.54, 1.807) is 0 Å². The highest BCUT2D eigenvalue weighted by Crippen LogP contribution is 2.29. The van der Waals surface area contributed by atoms with Crippen molar-refractivity contribution < 1.29 is 18.7 Å². The van der Waals surface area contributed by atoms with Gasteiger partial charge in [0, 0.05) is 45.3 Å². The zero-order chi connectivity index (χ0) is 23.8. The van der Waals surface area contributed by atoms with Gasteiger partial charge in [0.05, 0.1) is 19.1 Å². The Hall–Kier alpha value is -2.19. The van der Waals surface area contributed by atoms with Crippen LogP contribution in [0, 0.1) is 17.7 Å². The van der Waals surface area contributed by atoms with E-state index in [-0.39, 0.29) is 29.7 Å². The first-order chi connectivity index (χ1) is 16.6. The first-order valence-electron chi connectivity index (χ1n) is 13.0. The average Bonchev–Trinajstić information content (AvgIpc) is 2.86. The molecule has 2 heterocycles. The minimum absolute atomic E-state index is 0.109. The van der Waals surface area contributed by atoms with Crippen molar-refractivity contribution in [3.05, 3.63) is 35.6 Å². The van der Waals surface area contributed by atoms with Crippen LogP contribution in [0.25, 0.3) is 0 Å². The van der Waals surface area contributed by atoms with Crippen LogP contribution in [0.4, 0.5) is 9.18 Å². The average molecular weight is 475 g/mol. The lowest BCUT2D eigenvalue weighted by Gasteiger charge is -2.39. The highest BCUT2D eigenvalue weighted by molar-refractivity contribution is 5.81. The molecule has 0 spiro atoms. The Morgan fingerprint density at radius 2 is 1.76 bits per heavy atom. The normalized spacial score (nSPS) is 26.1. The Balaban J connectivity index is 1.26. The Labute approximate surface area is 202 Å². The van der Waals surface area contributed by atoms with E-state index in [4.69, 9.17) is 4.74 Å². The molecule has 1 aliphatic carbocycles. The van der Waals surface area contributed by atoms with Crippen LogP contribution in [-0.4, -0.2) is 80.3 Å². The fourth-order valence-electron chi connectivity index (χ4n) is 5.59. The third-order valence-corrected chi connectivity index (χ3v) is 7.49. The van der Waals surface area contributed by atoms with Gasteiger partial charge < -0.3 is 20.3 Å². The van der Waals surface area contributed by atoms with Gasteiger partial charge in [-0.25, -0.2) is 9.18 Å². The molecule has 0 unspecified atom stereocenters. The number of ether oxygens (including phenoxy) is 1. The smallest absolute Gasteiger partial charge is 0.315 e. The minimum Gasteiger partial charge on any atom is -0.379 e. The molecule has 2 aliphatic heterocycles. The molecule has 188 valence electrons. The molecule has 1 aromatic carbocycles. The summed E-state index contributed by atoms with van der Waals surface area (Å²) in [5, 5.41) is 6.08. The Morgan fingerprint density at radius 3 is 2.56 bits per heavy atom. The van der Waals surface area contributed by atoms with E-state index >= 15 is 0 Å². The van der Waals surface area contributed by atoms with Crippen LogP contribution in [0.5, 0.6) is 0 Å². The van der Waals surface area contributed by atoms with Gasteiger partial charge in [-0.1, -0.05) is 25.0 Å². The first kappa shape index (κ1) is 24.9. The lowest BCUT2D eigenvalue weighted by Crippen LogP contribution is -2.53. The molecule has 3 amide bonds. The number of rotatable bonds is 7. The summed E-state index contributed by atoms with van der Waals surface area (Å²) in [6.45, 7) is 6.24. The van der Waals surface area contributed by atoms with Gasteiger partial charge in [-0.2, -0.15) is 0 Å². The maximum absolute atomic E-state index is 13.5. The standard InChI is InChI=1S/C26H39FN4O3/c27-22-9-7-20(8-10-22)18-21-4-3-12-31(19-21)25(32)23-5-1-2-6-24(23)29-26(33)28-11-13-30-14-16-34-17-15-30/h7-10,21,23-24H,1-6,11-19H2,(H2,28,29,33)/t21-,23+,24+/m0/s1. The number of piperidine rings is 1. The number of hydrogen-bond acceptors (Lipinski definition) is 4. The summed E-state index contributed by atoms with van der Waals surface area (Å²) < 4.78 is 18.6. The van der Waals surface area contributed by atoms with Gasteiger partial charge in [-0.15, -0.1) is 0 Å². The molecule has 2 saturated heterocycles. The maximum atomic E-state index is 13.5. The molecule has 8 heteroatoms. The third-order valence-electron chi connectivity index (χ3n) is 7.49. The first-order valence-corrected chi connectivity index (χ1v) is 13.0. The van der Waals surface area contributed by atoms with E-state index in [0.717, 1.165) is 96.4 Å². The van der Waals surface area contributed by atoms with Crippen molar-refractivity contribution in [1.82, 2.24) is 20.4 Å². The van der Waals surface area contributed by atoms with Crippen LogP contribution < -0.4 is 10.6 Å². The largest absolute Gasteiger partial charge is 0.379 e. The van der Waals surface area contributed by atoms with Crippen LogP contribution in [0.2, 0.25) is 0 Å². The van der Waals surface area contributed by atoms with Crippen molar-refractivity contribution in [2.75, 3.05) is 52.5 Å². The van der Waals surface area contributed by atoms with Crippen LogP contribution in [0.3, 0.4) is 0 Å². The van der Waals surface area contributed by atoms with E-state index in [9.17, 15) is 14.0 Å². The number of likely N-dealkylation sites (tertiary alicyclic amines) is 1. The van der Waals surface area contributed by atoms with Gasteiger partial charge in [-0.05, 0) is 55.7 Å². The second-order valence-corrected chi connectivity index (χ2v) is 9.97. The van der Waals surface area contributed by atoms with Crippen molar-refractivity contribution in [2.45, 2.75) is 51.0 Å². The molecule has 3 atom stereocenters. The van der Waals surface area contributed by atoms with Gasteiger partial charge >= 0.3 is 6.03 Å². The lowest BCUT2D eigenvalue weighted by atomic mass is 9.82. The number of nitrogens with zero attached hydrogens (tertiary/aromatic N) is 2. The number of halogens is 1. The fraction of sp³-hybridized carbons (Fsp3) is 0.692. The summed E-state index contributed by atoms with van der Waals surface area (Å²) in [5.41, 5.74) is 1.12. The molecule has 3 fully saturated rings. The predicted molar refractivity (Wildman–Crippen MR) is 129 cm³/mol. The molecule has 7 nitrogen and oxygen atoms in total. The zero-order valence-corrected chi connectivity index (χ0v) is 20.1. The van der Waals surface area contributed by atoms with E-state index in [1.807, 2.05) is 17.0 Å². The SMILES string of the molecule is O=C(NCCN1CCOCC1)N[C@@H]1CCCC[C@H]1C(=O)N1CCC[C@@H](Cc2ccc(F)cc2)C1. The number of carbonyl (C=O) groups is 2. The van der Waals surface area contributed by atoms with Gasteiger partial charge in [0.15, 0.2) is 0 Å². The molecule has 2 N–H and O–H groups in total. The number of benzene rings is 1. The van der Waals surface area contributed by atoms with Crippen LogP contribution in [-0.2, 0) is 16.0 Å². The Kier molecular flexibility index (Phi) is 9.16. The lowest BCUT2D eigenvalue weighted by molar-refractivity contribution is -0.139. The Bertz CT molecular complexity index is 800. The minimum atomic E-state index is -0.217. The van der Waals surface area contributed by atoms with Crippen molar-refractivity contribution in [3.63, 3.8) is 0 Å². The zero-order valence-electron chi connectivity index (χ0n) is 20.1. The van der Waals surface area contributed by atoms with Gasteiger partial charge in [-0.3, -0.25) is 9.69 Å². The van der Waals surface area contributed by atoms with Crippen molar-refractivity contribution in [2.24, 2.45) is 11.8 Å². The number of nitrogens with one attached hydrogen (secondary N) is 2. The molecule has 34 heavy (non-hydrogen) atoms. The van der Waals surface area contributed by atoms with E-state index in [1.165, 1.54) is 12.1 Å². The Morgan fingerprint density at radius 1 is 1.00 bits per heavy atom. The van der Waals surface area contributed by atoms with Gasteiger partial charge in [0.25, 0.3) is 0 Å². The second kappa shape index (κ2) is 12.5. The summed E-state index contributed by atoms with van der Waals surface area (Å²) in [5.74, 6) is 0.206. The highest BCUT2D eigenvalue weighted by atomic mass is 19.1. The summed E-state index contributed by atoms with van der Waals surface area (Å²) in [4.78, 5) is 30.4. The van der Waals surface area contributed by atoms with E-state index in [0.29, 0.717) is 12.5 Å². The molecule has 3 aliphatic rings. The van der Waals surface area contributed by atoms with Crippen LogP contribution in [0.1, 0.15) is 44.1 Å². The second-order valence-electron chi connectivity index (χ2n) is 9.97. The van der Waals surface area contributed by atoms with Gasteiger partial charge in [0.2, 0.25) is 5.91 Å². The monoisotopic (exact) mass is 474 g/mol. The number of hydrogen-bond donors (Lipinski definition) is 2. The fourth-order valence-corrected chi connectivity index (χ4v) is 5.59. The molecule has 0 radical (unpaired) electrons. The molecular formula is C26H39FN4O3. The highest BCUT2D eigenvalue weighted by Gasteiger charge is 2.36. The van der Waals surface area contributed by atoms with Crippen molar-refractivity contribution in [3.8, 4) is 0 Å². The molecule has 1 saturated carbocycles. The number of urea groups is 1. The molecule has 4 rings (SSSR count). The van der Waals surface area contributed by atoms with Crippen molar-refractivity contribution >= 4 is 11.9 Å². The summed E-state index contributed by atoms with van der Waals surface area (Å²) >= 11 is 0. The summed E-state index contributed by atoms with van der Waals surface area (Å²) in [6.07, 6.45) is 6.68. The number of amides is 3. The summed E-state index contributed by atoms with van der Waals surface area (Å²) in [6, 6.07) is 6.41. The van der Waals surface area contributed by atoms with Gasteiger partial charge in [0.1, 0.15) is 5.82 Å². The molecule has 1 aromatic rings. The quantitative estimate of drug-likeness (QED) is 0.638. The van der Waals surface area contributed by atoms with E-state index < -0.39 is 0 Å². The molecule has 0 bridgehead atoms. The predicted octanol–water partition coefficient (Wildman–Crippen LogP) is 2.80. The molecular weight excluding hydrogens is 435 g/mol. The number of carbonyl (C=O) groups excluding carboxylic acids is 2. The van der Waals surface area contributed by atoms with Crippen LogP contribution in [0.15, 0.2) is 24.3 Å². The third kappa shape index (κ3) is 7.15. The molecule has 0 aromatic heterocycles.